The number of amides is 3. The van der Waals surface area contributed by atoms with Gasteiger partial charge in [-0.25, -0.2) is 4.79 Å². The van der Waals surface area contributed by atoms with E-state index in [1.165, 1.54) is 4.90 Å². The molecule has 0 spiro atoms. The van der Waals surface area contributed by atoms with E-state index >= 15 is 0 Å². The van der Waals surface area contributed by atoms with Gasteiger partial charge in [0.25, 0.3) is 0 Å². The molecule has 4 N–H and O–H groups in total. The SMILES string of the molecule is O=C(CN1CCNC1=O)NC1CN(S(=O)(=O)O)C1O.[NaH]. The average molecular weight is 318 g/mol. The Labute approximate surface area is 137 Å². The second-order valence-corrected chi connectivity index (χ2v) is 5.65. The third-order valence-electron chi connectivity index (χ3n) is 2.95. The number of carbonyl (C=O) groups is 2. The Bertz CT molecular complexity index is 499. The summed E-state index contributed by atoms with van der Waals surface area (Å²) in [6, 6.07) is -1.14. The Morgan fingerprint density at radius 2 is 2.15 bits per heavy atom. The summed E-state index contributed by atoms with van der Waals surface area (Å²) >= 11 is 0. The van der Waals surface area contributed by atoms with Crippen molar-refractivity contribution in [1.82, 2.24) is 19.8 Å². The van der Waals surface area contributed by atoms with Crippen molar-refractivity contribution >= 4 is 51.8 Å². The molecule has 0 aliphatic carbocycles. The molecule has 2 aliphatic heterocycles. The van der Waals surface area contributed by atoms with E-state index < -0.39 is 28.5 Å². The predicted molar refractivity (Wildman–Crippen MR) is 68.3 cm³/mol. The summed E-state index contributed by atoms with van der Waals surface area (Å²) in [7, 11) is -4.46. The van der Waals surface area contributed by atoms with Crippen LogP contribution in [0.15, 0.2) is 0 Å². The normalized spacial score (nSPS) is 26.5. The number of aliphatic hydroxyl groups excluding tert-OH is 1. The van der Waals surface area contributed by atoms with E-state index in [0.717, 1.165) is 0 Å². The zero-order chi connectivity index (χ0) is 14.2. The van der Waals surface area contributed by atoms with Gasteiger partial charge >= 0.3 is 45.9 Å². The summed E-state index contributed by atoms with van der Waals surface area (Å²) in [6.45, 7) is 0.504. The zero-order valence-corrected chi connectivity index (χ0v) is 10.6. The van der Waals surface area contributed by atoms with Crippen molar-refractivity contribution in [3.8, 4) is 0 Å². The van der Waals surface area contributed by atoms with Gasteiger partial charge in [-0.3, -0.25) is 9.35 Å². The first-order valence-electron chi connectivity index (χ1n) is 5.53. The molecule has 110 valence electrons. The summed E-state index contributed by atoms with van der Waals surface area (Å²) in [6.07, 6.45) is -1.49. The molecule has 0 aromatic heterocycles. The maximum absolute atomic E-state index is 11.6. The molecule has 10 nitrogen and oxygen atoms in total. The van der Waals surface area contributed by atoms with Gasteiger partial charge in [-0.05, 0) is 0 Å². The quantitative estimate of drug-likeness (QED) is 0.310. The zero-order valence-electron chi connectivity index (χ0n) is 9.81. The van der Waals surface area contributed by atoms with Crippen molar-refractivity contribution in [3.05, 3.63) is 0 Å². The van der Waals surface area contributed by atoms with Crippen molar-refractivity contribution in [2.75, 3.05) is 26.2 Å². The van der Waals surface area contributed by atoms with E-state index in [0.29, 0.717) is 17.4 Å². The summed E-state index contributed by atoms with van der Waals surface area (Å²) < 4.78 is 30.6. The van der Waals surface area contributed by atoms with Crippen molar-refractivity contribution in [2.45, 2.75) is 12.3 Å². The monoisotopic (exact) mass is 318 g/mol. The molecule has 0 bridgehead atoms. The molecule has 2 aliphatic rings. The first-order chi connectivity index (χ1) is 8.79. The van der Waals surface area contributed by atoms with Gasteiger partial charge in [0.05, 0.1) is 6.04 Å². The molecule has 2 saturated heterocycles. The standard InChI is InChI=1S/C8H14N4O6S.Na.H/c13-6(4-11-2-1-9-8(11)15)10-5-3-12(7(5)14)19(16,17)18;;/h5,7,14H,1-4H2,(H,9,15)(H,10,13)(H,16,17,18);;. The molecule has 2 atom stereocenters. The predicted octanol–water partition coefficient (Wildman–Crippen LogP) is -3.72. The van der Waals surface area contributed by atoms with Gasteiger partial charge in [0.1, 0.15) is 12.8 Å². The summed E-state index contributed by atoms with van der Waals surface area (Å²) in [5.41, 5.74) is 0. The van der Waals surface area contributed by atoms with Crippen molar-refractivity contribution in [2.24, 2.45) is 0 Å². The first-order valence-corrected chi connectivity index (χ1v) is 6.93. The van der Waals surface area contributed by atoms with Crippen molar-refractivity contribution in [1.29, 1.82) is 0 Å². The molecular formula is C8H15N4NaO6S. The number of nitrogens with zero attached hydrogens (tertiary/aromatic N) is 2. The van der Waals surface area contributed by atoms with Gasteiger partial charge in [-0.15, -0.1) is 4.31 Å². The molecular weight excluding hydrogens is 303 g/mol. The number of urea groups is 1. The average Bonchev–Trinajstić information content (AvgIpc) is 2.67. The molecule has 0 aromatic carbocycles. The van der Waals surface area contributed by atoms with Crippen LogP contribution in [0.3, 0.4) is 0 Å². The van der Waals surface area contributed by atoms with E-state index in [4.69, 9.17) is 4.55 Å². The molecule has 3 amide bonds. The van der Waals surface area contributed by atoms with Crippen LogP contribution in [0.25, 0.3) is 0 Å². The van der Waals surface area contributed by atoms with Gasteiger partial charge in [0.15, 0.2) is 0 Å². The van der Waals surface area contributed by atoms with Crippen LogP contribution in [0, 0.1) is 0 Å². The number of carbonyl (C=O) groups excluding carboxylic acids is 2. The van der Waals surface area contributed by atoms with Crippen LogP contribution in [0.5, 0.6) is 0 Å². The summed E-state index contributed by atoms with van der Waals surface area (Å²) in [4.78, 5) is 24.1. The molecule has 2 heterocycles. The summed E-state index contributed by atoms with van der Waals surface area (Å²) in [5.74, 6) is -0.504. The van der Waals surface area contributed by atoms with Crippen LogP contribution >= 0.6 is 0 Å². The molecule has 2 fully saturated rings. The van der Waals surface area contributed by atoms with E-state index in [9.17, 15) is 23.1 Å². The fraction of sp³-hybridized carbons (Fsp3) is 0.750. The van der Waals surface area contributed by atoms with E-state index in [1.807, 2.05) is 0 Å². The van der Waals surface area contributed by atoms with E-state index in [2.05, 4.69) is 10.6 Å². The van der Waals surface area contributed by atoms with Crippen LogP contribution in [-0.4, -0.2) is 107 Å². The second-order valence-electron chi connectivity index (χ2n) is 4.29. The van der Waals surface area contributed by atoms with Crippen molar-refractivity contribution in [3.63, 3.8) is 0 Å². The molecule has 2 rings (SSSR count). The van der Waals surface area contributed by atoms with Crippen LogP contribution in [0.2, 0.25) is 0 Å². The van der Waals surface area contributed by atoms with E-state index in [-0.39, 0.29) is 48.7 Å². The topological polar surface area (TPSA) is 139 Å². The minimum atomic E-state index is -4.46. The molecule has 2 unspecified atom stereocenters. The Morgan fingerprint density at radius 3 is 2.60 bits per heavy atom. The third kappa shape index (κ3) is 3.81. The number of hydrogen-bond donors (Lipinski definition) is 4. The van der Waals surface area contributed by atoms with Crippen LogP contribution in [0.4, 0.5) is 4.79 Å². The Morgan fingerprint density at radius 1 is 1.50 bits per heavy atom. The van der Waals surface area contributed by atoms with Gasteiger partial charge < -0.3 is 20.6 Å². The Hall–Kier alpha value is -0.430. The second kappa shape index (κ2) is 6.56. The van der Waals surface area contributed by atoms with Crippen LogP contribution in [0.1, 0.15) is 0 Å². The molecule has 0 radical (unpaired) electrons. The maximum atomic E-state index is 11.6. The Kier molecular flexibility index (Phi) is 5.78. The number of aliphatic hydroxyl groups is 1. The van der Waals surface area contributed by atoms with E-state index in [1.54, 1.807) is 0 Å². The third-order valence-corrected chi connectivity index (χ3v) is 3.91. The fourth-order valence-electron chi connectivity index (χ4n) is 1.90. The minimum absolute atomic E-state index is 0. The fourth-order valence-corrected chi connectivity index (χ4v) is 2.67. The molecule has 0 saturated carbocycles. The number of nitrogens with one attached hydrogen (secondary N) is 2. The molecule has 20 heavy (non-hydrogen) atoms. The first kappa shape index (κ1) is 17.6. The number of rotatable bonds is 4. The molecule has 12 heteroatoms. The van der Waals surface area contributed by atoms with Crippen LogP contribution < -0.4 is 10.6 Å². The van der Waals surface area contributed by atoms with Gasteiger partial charge in [-0.1, -0.05) is 0 Å². The van der Waals surface area contributed by atoms with Crippen LogP contribution in [-0.2, 0) is 15.1 Å². The van der Waals surface area contributed by atoms with Gasteiger partial charge in [0, 0.05) is 19.6 Å². The molecule has 0 aromatic rings. The Balaban J connectivity index is 0.00000200. The van der Waals surface area contributed by atoms with Gasteiger partial charge in [-0.2, -0.15) is 8.42 Å². The number of hydrogen-bond acceptors (Lipinski definition) is 5. The summed E-state index contributed by atoms with van der Waals surface area (Å²) in [5, 5.41) is 14.4. The van der Waals surface area contributed by atoms with Gasteiger partial charge in [0.2, 0.25) is 5.91 Å². The van der Waals surface area contributed by atoms with Crippen molar-refractivity contribution < 1.29 is 27.7 Å².